The molecule has 0 aliphatic heterocycles. The molecule has 0 aliphatic rings. The van der Waals surface area contributed by atoms with Gasteiger partial charge in [0.25, 0.3) is 0 Å². The zero-order chi connectivity index (χ0) is 14.1. The minimum absolute atomic E-state index is 0.276. The number of hydrogen-bond acceptors (Lipinski definition) is 3. The van der Waals surface area contributed by atoms with E-state index in [9.17, 15) is 9.90 Å². The lowest BCUT2D eigenvalue weighted by molar-refractivity contribution is 0.0241. The zero-order valence-electron chi connectivity index (χ0n) is 11.7. The monoisotopic (exact) mass is 268 g/mol. The lowest BCUT2D eigenvalue weighted by Gasteiger charge is -2.27. The molecule has 108 valence electrons. The van der Waals surface area contributed by atoms with Crippen molar-refractivity contribution in [2.45, 2.75) is 51.7 Å². The Morgan fingerprint density at radius 1 is 1.32 bits per heavy atom. The molecular formula is C14H24N2O3. The maximum atomic E-state index is 11.6. The summed E-state index contributed by atoms with van der Waals surface area (Å²) in [5, 5.41) is 15.8. The van der Waals surface area contributed by atoms with Crippen molar-refractivity contribution in [3.05, 3.63) is 24.2 Å². The van der Waals surface area contributed by atoms with Crippen LogP contribution >= 0.6 is 0 Å². The predicted octanol–water partition coefficient (Wildman–Crippen LogP) is 2.41. The Bertz CT molecular complexity index is 357. The number of carbonyl (C=O) groups excluding carboxylic acids is 1. The highest BCUT2D eigenvalue weighted by atomic mass is 16.3. The molecule has 1 aromatic heterocycles. The summed E-state index contributed by atoms with van der Waals surface area (Å²) in [5.74, 6) is 0.701. The van der Waals surface area contributed by atoms with Crippen LogP contribution in [0.25, 0.3) is 0 Å². The Kier molecular flexibility index (Phi) is 6.42. The first-order valence-electron chi connectivity index (χ1n) is 6.86. The van der Waals surface area contributed by atoms with E-state index >= 15 is 0 Å². The topological polar surface area (TPSA) is 74.5 Å². The summed E-state index contributed by atoms with van der Waals surface area (Å²) in [6.45, 7) is 4.67. The van der Waals surface area contributed by atoms with Crippen molar-refractivity contribution in [3.63, 3.8) is 0 Å². The molecule has 0 bridgehead atoms. The van der Waals surface area contributed by atoms with Crippen LogP contribution in [0.3, 0.4) is 0 Å². The number of furan rings is 1. The molecule has 0 radical (unpaired) electrons. The summed E-state index contributed by atoms with van der Waals surface area (Å²) in [6, 6.07) is 3.28. The molecule has 2 amide bonds. The van der Waals surface area contributed by atoms with Gasteiger partial charge in [-0.05, 0) is 25.0 Å². The largest absolute Gasteiger partial charge is 0.467 e. The number of aliphatic hydroxyl groups is 1. The quantitative estimate of drug-likeness (QED) is 0.677. The number of amides is 2. The van der Waals surface area contributed by atoms with E-state index in [0.29, 0.717) is 25.1 Å². The van der Waals surface area contributed by atoms with Crippen molar-refractivity contribution in [2.75, 3.05) is 6.54 Å². The van der Waals surface area contributed by atoms with E-state index in [2.05, 4.69) is 10.6 Å². The van der Waals surface area contributed by atoms with E-state index in [1.165, 1.54) is 0 Å². The van der Waals surface area contributed by atoms with Crippen LogP contribution in [0.1, 0.15) is 45.3 Å². The van der Waals surface area contributed by atoms with E-state index in [-0.39, 0.29) is 12.6 Å². The molecule has 1 rings (SSSR count). The second-order valence-corrected chi connectivity index (χ2v) is 4.84. The third-order valence-electron chi connectivity index (χ3n) is 3.01. The van der Waals surface area contributed by atoms with Crippen LogP contribution in [0.4, 0.5) is 4.79 Å². The average Bonchev–Trinajstić information content (AvgIpc) is 2.88. The van der Waals surface area contributed by atoms with Gasteiger partial charge in [0.1, 0.15) is 5.76 Å². The third kappa shape index (κ3) is 5.79. The summed E-state index contributed by atoms with van der Waals surface area (Å²) < 4.78 is 5.11. The van der Waals surface area contributed by atoms with Gasteiger partial charge < -0.3 is 20.2 Å². The standard InChI is InChI=1S/C14H24N2O3/c1-3-7-14(18,8-4-2)11-16-13(17)15-10-12-6-5-9-19-12/h5-6,9,18H,3-4,7-8,10-11H2,1-2H3,(H2,15,16,17). The minimum atomic E-state index is -0.800. The van der Waals surface area contributed by atoms with E-state index in [1.807, 2.05) is 13.8 Å². The van der Waals surface area contributed by atoms with Crippen molar-refractivity contribution < 1.29 is 14.3 Å². The first kappa shape index (κ1) is 15.6. The molecular weight excluding hydrogens is 244 g/mol. The fourth-order valence-corrected chi connectivity index (χ4v) is 2.12. The normalized spacial score (nSPS) is 11.3. The first-order valence-corrected chi connectivity index (χ1v) is 6.86. The summed E-state index contributed by atoms with van der Waals surface area (Å²) in [4.78, 5) is 11.6. The van der Waals surface area contributed by atoms with Crippen LogP contribution in [0.15, 0.2) is 22.8 Å². The van der Waals surface area contributed by atoms with Gasteiger partial charge in [0.05, 0.1) is 18.4 Å². The van der Waals surface area contributed by atoms with E-state index in [4.69, 9.17) is 4.42 Å². The number of urea groups is 1. The van der Waals surface area contributed by atoms with Gasteiger partial charge in [-0.3, -0.25) is 0 Å². The molecule has 0 aliphatic carbocycles. The van der Waals surface area contributed by atoms with Crippen molar-refractivity contribution in [2.24, 2.45) is 0 Å². The Balaban J connectivity index is 2.31. The molecule has 5 heteroatoms. The van der Waals surface area contributed by atoms with Crippen molar-refractivity contribution in [1.82, 2.24) is 10.6 Å². The highest BCUT2D eigenvalue weighted by Crippen LogP contribution is 2.18. The summed E-state index contributed by atoms with van der Waals surface area (Å²) >= 11 is 0. The van der Waals surface area contributed by atoms with E-state index in [1.54, 1.807) is 18.4 Å². The van der Waals surface area contributed by atoms with Gasteiger partial charge >= 0.3 is 6.03 Å². The van der Waals surface area contributed by atoms with Crippen molar-refractivity contribution in [3.8, 4) is 0 Å². The lowest BCUT2D eigenvalue weighted by atomic mass is 9.93. The summed E-state index contributed by atoms with van der Waals surface area (Å²) in [5.41, 5.74) is -0.800. The lowest BCUT2D eigenvalue weighted by Crippen LogP contribution is -2.46. The Morgan fingerprint density at radius 2 is 2.00 bits per heavy atom. The Labute approximate surface area is 114 Å². The van der Waals surface area contributed by atoms with Gasteiger partial charge in [0, 0.05) is 6.54 Å². The first-order chi connectivity index (χ1) is 9.09. The molecule has 1 aromatic rings. The fraction of sp³-hybridized carbons (Fsp3) is 0.643. The number of rotatable bonds is 8. The number of nitrogens with one attached hydrogen (secondary N) is 2. The summed E-state index contributed by atoms with van der Waals surface area (Å²) in [7, 11) is 0. The molecule has 0 unspecified atom stereocenters. The molecule has 0 spiro atoms. The molecule has 0 fully saturated rings. The van der Waals surface area contributed by atoms with Crippen molar-refractivity contribution >= 4 is 6.03 Å². The average molecular weight is 268 g/mol. The van der Waals surface area contributed by atoms with Gasteiger partial charge in [-0.1, -0.05) is 26.7 Å². The predicted molar refractivity (Wildman–Crippen MR) is 73.7 cm³/mol. The highest BCUT2D eigenvalue weighted by molar-refractivity contribution is 5.73. The molecule has 5 nitrogen and oxygen atoms in total. The van der Waals surface area contributed by atoms with Gasteiger partial charge in [0.15, 0.2) is 0 Å². The van der Waals surface area contributed by atoms with Crippen LogP contribution in [-0.4, -0.2) is 23.3 Å². The SMILES string of the molecule is CCCC(O)(CCC)CNC(=O)NCc1ccco1. The minimum Gasteiger partial charge on any atom is -0.467 e. The van der Waals surface area contributed by atoms with Crippen LogP contribution in [-0.2, 0) is 6.54 Å². The third-order valence-corrected chi connectivity index (χ3v) is 3.01. The van der Waals surface area contributed by atoms with Crippen molar-refractivity contribution in [1.29, 1.82) is 0 Å². The Morgan fingerprint density at radius 3 is 2.53 bits per heavy atom. The van der Waals surface area contributed by atoms with Crippen LogP contribution in [0.5, 0.6) is 0 Å². The molecule has 0 aromatic carbocycles. The van der Waals surface area contributed by atoms with Crippen LogP contribution in [0.2, 0.25) is 0 Å². The van der Waals surface area contributed by atoms with Gasteiger partial charge in [-0.15, -0.1) is 0 Å². The highest BCUT2D eigenvalue weighted by Gasteiger charge is 2.25. The molecule has 0 saturated heterocycles. The second kappa shape index (κ2) is 7.84. The summed E-state index contributed by atoms with van der Waals surface area (Å²) in [6.07, 6.45) is 4.74. The second-order valence-electron chi connectivity index (χ2n) is 4.84. The van der Waals surface area contributed by atoms with Crippen LogP contribution in [0, 0.1) is 0 Å². The maximum Gasteiger partial charge on any atom is 0.315 e. The molecule has 1 heterocycles. The molecule has 0 saturated carbocycles. The fourth-order valence-electron chi connectivity index (χ4n) is 2.12. The molecule has 19 heavy (non-hydrogen) atoms. The number of hydrogen-bond donors (Lipinski definition) is 3. The maximum absolute atomic E-state index is 11.6. The molecule has 3 N–H and O–H groups in total. The zero-order valence-corrected chi connectivity index (χ0v) is 11.7. The smallest absolute Gasteiger partial charge is 0.315 e. The number of carbonyl (C=O) groups is 1. The van der Waals surface area contributed by atoms with Crippen LogP contribution < -0.4 is 10.6 Å². The van der Waals surface area contributed by atoms with Gasteiger partial charge in [0.2, 0.25) is 0 Å². The van der Waals surface area contributed by atoms with E-state index < -0.39 is 5.60 Å². The van der Waals surface area contributed by atoms with E-state index in [0.717, 1.165) is 12.8 Å². The van der Waals surface area contributed by atoms with Gasteiger partial charge in [-0.2, -0.15) is 0 Å². The Hall–Kier alpha value is -1.49. The molecule has 0 atom stereocenters. The van der Waals surface area contributed by atoms with Gasteiger partial charge in [-0.25, -0.2) is 4.79 Å².